The van der Waals surface area contributed by atoms with E-state index in [-0.39, 0.29) is 6.09 Å². The summed E-state index contributed by atoms with van der Waals surface area (Å²) in [4.78, 5) is 12.7. The van der Waals surface area contributed by atoms with Crippen LogP contribution in [0.5, 0.6) is 0 Å². The van der Waals surface area contributed by atoms with Gasteiger partial charge in [-0.15, -0.1) is 0 Å². The van der Waals surface area contributed by atoms with E-state index in [0.717, 1.165) is 18.9 Å². The van der Waals surface area contributed by atoms with Crippen molar-refractivity contribution in [2.45, 2.75) is 46.0 Å². The van der Waals surface area contributed by atoms with Gasteiger partial charge in [-0.25, -0.2) is 4.79 Å². The van der Waals surface area contributed by atoms with Gasteiger partial charge in [0, 0.05) is 13.6 Å². The van der Waals surface area contributed by atoms with E-state index in [1.54, 1.807) is 11.9 Å². The summed E-state index contributed by atoms with van der Waals surface area (Å²) in [5, 5.41) is 0. The molecule has 0 aliphatic rings. The van der Waals surface area contributed by atoms with Gasteiger partial charge >= 0.3 is 14.1 Å². The summed E-state index contributed by atoms with van der Waals surface area (Å²) in [6, 6.07) is 0. The van der Waals surface area contributed by atoms with E-state index in [2.05, 4.69) is 18.5 Å². The molecule has 88 valence electrons. The van der Waals surface area contributed by atoms with Crippen LogP contribution in [0.2, 0.25) is 0 Å². The first-order valence-corrected chi connectivity index (χ1v) is 5.87. The maximum atomic E-state index is 11.0. The summed E-state index contributed by atoms with van der Waals surface area (Å²) >= 11 is 0. The summed E-state index contributed by atoms with van der Waals surface area (Å²) in [5.41, 5.74) is 0. The Morgan fingerprint density at radius 1 is 1.27 bits per heavy atom. The fourth-order valence-corrected chi connectivity index (χ4v) is 1.50. The van der Waals surface area contributed by atoms with E-state index in [1.807, 2.05) is 0 Å². The van der Waals surface area contributed by atoms with Gasteiger partial charge in [0.25, 0.3) is 0 Å². The van der Waals surface area contributed by atoms with Crippen molar-refractivity contribution in [1.29, 1.82) is 0 Å². The standard InChI is InChI=1S/C11H24BNO2/c1-10(2)8-6-4-5-7-9-13(3)11(14)15-12/h10H,4-9,12H2,1-3H3. The lowest BCUT2D eigenvalue weighted by Crippen LogP contribution is -2.27. The fourth-order valence-electron chi connectivity index (χ4n) is 1.50. The molecule has 0 spiro atoms. The van der Waals surface area contributed by atoms with Crippen molar-refractivity contribution >= 4 is 14.1 Å². The minimum absolute atomic E-state index is 0.239. The van der Waals surface area contributed by atoms with Crippen molar-refractivity contribution in [2.24, 2.45) is 5.92 Å². The number of nitrogens with zero attached hydrogens (tertiary/aromatic N) is 1. The van der Waals surface area contributed by atoms with Crippen LogP contribution >= 0.6 is 0 Å². The highest BCUT2D eigenvalue weighted by molar-refractivity contribution is 6.04. The second-order valence-electron chi connectivity index (χ2n) is 4.49. The molecule has 3 nitrogen and oxygen atoms in total. The molecule has 0 atom stereocenters. The molecular weight excluding hydrogens is 189 g/mol. The molecule has 0 unspecified atom stereocenters. The summed E-state index contributed by atoms with van der Waals surface area (Å²) in [7, 11) is 3.20. The number of hydrogen-bond donors (Lipinski definition) is 0. The van der Waals surface area contributed by atoms with E-state index in [4.69, 9.17) is 0 Å². The van der Waals surface area contributed by atoms with Gasteiger partial charge in [0.05, 0.1) is 0 Å². The second-order valence-corrected chi connectivity index (χ2v) is 4.49. The average Bonchev–Trinajstić information content (AvgIpc) is 2.21. The van der Waals surface area contributed by atoms with Crippen molar-refractivity contribution in [3.8, 4) is 0 Å². The highest BCUT2D eigenvalue weighted by atomic mass is 16.5. The number of carbonyl (C=O) groups is 1. The zero-order chi connectivity index (χ0) is 11.7. The molecule has 0 rings (SSSR count). The predicted molar refractivity (Wildman–Crippen MR) is 65.6 cm³/mol. The molecule has 15 heavy (non-hydrogen) atoms. The van der Waals surface area contributed by atoms with Crippen LogP contribution in [0.3, 0.4) is 0 Å². The molecule has 0 N–H and O–H groups in total. The van der Waals surface area contributed by atoms with Crippen molar-refractivity contribution in [3.63, 3.8) is 0 Å². The van der Waals surface area contributed by atoms with E-state index in [1.165, 1.54) is 33.7 Å². The van der Waals surface area contributed by atoms with Crippen LogP contribution in [0, 0.1) is 5.92 Å². The van der Waals surface area contributed by atoms with Gasteiger partial charge in [-0.05, 0) is 12.3 Å². The molecule has 0 saturated heterocycles. The monoisotopic (exact) mass is 213 g/mol. The normalized spacial score (nSPS) is 10.4. The largest absolute Gasteiger partial charge is 0.528 e. The zero-order valence-corrected chi connectivity index (χ0v) is 10.6. The Kier molecular flexibility index (Phi) is 8.25. The minimum Gasteiger partial charge on any atom is -0.528 e. The second kappa shape index (κ2) is 8.63. The Morgan fingerprint density at radius 2 is 1.87 bits per heavy atom. The number of carbonyl (C=O) groups excluding carboxylic acids is 1. The first kappa shape index (κ1) is 14.3. The predicted octanol–water partition coefficient (Wildman–Crippen LogP) is 2.21. The molecule has 0 heterocycles. The Balaban J connectivity index is 3.27. The Hall–Kier alpha value is -0.665. The Morgan fingerprint density at radius 3 is 2.40 bits per heavy atom. The molecule has 4 heteroatoms. The van der Waals surface area contributed by atoms with Gasteiger partial charge in [0.2, 0.25) is 0 Å². The van der Waals surface area contributed by atoms with Crippen LogP contribution in [0.1, 0.15) is 46.0 Å². The third-order valence-corrected chi connectivity index (χ3v) is 2.51. The van der Waals surface area contributed by atoms with Crippen LogP contribution in [0.25, 0.3) is 0 Å². The van der Waals surface area contributed by atoms with Crippen LogP contribution in [0.4, 0.5) is 4.79 Å². The third kappa shape index (κ3) is 8.34. The lowest BCUT2D eigenvalue weighted by molar-refractivity contribution is 0.166. The van der Waals surface area contributed by atoms with Gasteiger partial charge in [0.15, 0.2) is 0 Å². The van der Waals surface area contributed by atoms with Gasteiger partial charge < -0.3 is 9.55 Å². The molecule has 0 fully saturated rings. The maximum Gasteiger partial charge on any atom is 0.391 e. The van der Waals surface area contributed by atoms with Crippen LogP contribution in [-0.2, 0) is 4.65 Å². The smallest absolute Gasteiger partial charge is 0.391 e. The molecule has 1 amide bonds. The molecule has 0 aliphatic heterocycles. The van der Waals surface area contributed by atoms with E-state index < -0.39 is 0 Å². The van der Waals surface area contributed by atoms with Gasteiger partial charge in [0.1, 0.15) is 0 Å². The topological polar surface area (TPSA) is 29.5 Å². The van der Waals surface area contributed by atoms with Crippen LogP contribution in [0.15, 0.2) is 0 Å². The first-order valence-electron chi connectivity index (χ1n) is 5.87. The van der Waals surface area contributed by atoms with Crippen molar-refractivity contribution in [2.75, 3.05) is 13.6 Å². The van der Waals surface area contributed by atoms with E-state index >= 15 is 0 Å². The molecule has 0 bridgehead atoms. The molecule has 0 saturated carbocycles. The summed E-state index contributed by atoms with van der Waals surface area (Å²) in [6.07, 6.45) is 5.93. The molecule has 0 radical (unpaired) electrons. The fraction of sp³-hybridized carbons (Fsp3) is 0.909. The number of hydrogen-bond acceptors (Lipinski definition) is 2. The number of unbranched alkanes of at least 4 members (excludes halogenated alkanes) is 3. The summed E-state index contributed by atoms with van der Waals surface area (Å²) in [6.45, 7) is 5.31. The Bertz CT molecular complexity index is 174. The van der Waals surface area contributed by atoms with Crippen LogP contribution in [-0.4, -0.2) is 32.6 Å². The summed E-state index contributed by atoms with van der Waals surface area (Å²) in [5.74, 6) is 0.808. The SMILES string of the molecule is BOC(=O)N(C)CCCCCCC(C)C. The molecule has 0 aromatic carbocycles. The van der Waals surface area contributed by atoms with Crippen molar-refractivity contribution in [3.05, 3.63) is 0 Å². The zero-order valence-electron chi connectivity index (χ0n) is 10.6. The van der Waals surface area contributed by atoms with E-state index in [9.17, 15) is 4.79 Å². The Labute approximate surface area is 94.6 Å². The van der Waals surface area contributed by atoms with Crippen molar-refractivity contribution < 1.29 is 9.45 Å². The summed E-state index contributed by atoms with van der Waals surface area (Å²) < 4.78 is 4.61. The van der Waals surface area contributed by atoms with Crippen molar-refractivity contribution in [1.82, 2.24) is 4.90 Å². The highest BCUT2D eigenvalue weighted by Gasteiger charge is 2.05. The van der Waals surface area contributed by atoms with Gasteiger partial charge in [-0.3, -0.25) is 0 Å². The first-order chi connectivity index (χ1) is 7.07. The molecular formula is C11H24BNO2. The highest BCUT2D eigenvalue weighted by Crippen LogP contribution is 2.09. The molecule has 0 aliphatic carbocycles. The lowest BCUT2D eigenvalue weighted by Gasteiger charge is -2.15. The quantitative estimate of drug-likeness (QED) is 0.479. The number of rotatable bonds is 7. The van der Waals surface area contributed by atoms with Gasteiger partial charge in [-0.2, -0.15) is 0 Å². The third-order valence-electron chi connectivity index (χ3n) is 2.51. The van der Waals surface area contributed by atoms with Crippen LogP contribution < -0.4 is 0 Å². The lowest BCUT2D eigenvalue weighted by atomic mass is 10.0. The molecule has 0 aromatic heterocycles. The number of amides is 1. The van der Waals surface area contributed by atoms with E-state index in [0.29, 0.717) is 0 Å². The minimum atomic E-state index is -0.239. The maximum absolute atomic E-state index is 11.0. The molecule has 0 aromatic rings. The van der Waals surface area contributed by atoms with Gasteiger partial charge in [-0.1, -0.05) is 39.5 Å². The average molecular weight is 213 g/mol.